The molecule has 0 atom stereocenters. The minimum atomic E-state index is -1.26. The molecule has 6 nitrogen and oxygen atoms in total. The van der Waals surface area contributed by atoms with Crippen molar-refractivity contribution in [2.45, 2.75) is 20.8 Å². The number of thiocarbonyl (C=S) groups is 1. The summed E-state index contributed by atoms with van der Waals surface area (Å²) in [6.07, 6.45) is 0. The Labute approximate surface area is 150 Å². The van der Waals surface area contributed by atoms with E-state index in [-0.39, 0.29) is 22.3 Å². The van der Waals surface area contributed by atoms with Crippen molar-refractivity contribution in [2.75, 3.05) is 5.32 Å². The molecule has 0 fully saturated rings. The molecule has 0 radical (unpaired) electrons. The Balaban J connectivity index is 2.15. The monoisotopic (exact) mass is 358 g/mol. The van der Waals surface area contributed by atoms with E-state index in [1.165, 1.54) is 12.1 Å². The number of carbonyl (C=O) groups excluding carboxylic acids is 1. The standard InChI is InChI=1S/C18H18N2O4S/c1-9-4-10(2)6-12(5-9)16(22)20-18(25)19-13-7-11(3)15(21)14(8-13)17(23)24/h4-8,21H,1-3H3,(H,23,24)(H2,19,20,22,25). The van der Waals surface area contributed by atoms with Crippen LogP contribution < -0.4 is 10.6 Å². The molecular weight excluding hydrogens is 340 g/mol. The van der Waals surface area contributed by atoms with Crippen molar-refractivity contribution in [3.8, 4) is 5.75 Å². The van der Waals surface area contributed by atoms with Crippen molar-refractivity contribution in [3.05, 3.63) is 58.1 Å². The van der Waals surface area contributed by atoms with Crippen molar-refractivity contribution in [1.82, 2.24) is 5.32 Å². The minimum absolute atomic E-state index is 0.0330. The van der Waals surface area contributed by atoms with E-state index < -0.39 is 5.97 Å². The normalized spacial score (nSPS) is 10.2. The molecular formula is C18H18N2O4S. The first kappa shape index (κ1) is 18.4. The van der Waals surface area contributed by atoms with Crippen LogP contribution in [0.15, 0.2) is 30.3 Å². The highest BCUT2D eigenvalue weighted by Crippen LogP contribution is 2.26. The molecule has 0 aliphatic carbocycles. The Bertz CT molecular complexity index is 857. The Hall–Kier alpha value is -2.93. The predicted molar refractivity (Wildman–Crippen MR) is 99.4 cm³/mol. The maximum atomic E-state index is 12.3. The molecule has 25 heavy (non-hydrogen) atoms. The maximum Gasteiger partial charge on any atom is 0.339 e. The third kappa shape index (κ3) is 4.54. The fraction of sp³-hybridized carbons (Fsp3) is 0.167. The van der Waals surface area contributed by atoms with Gasteiger partial charge in [-0.1, -0.05) is 17.2 Å². The van der Waals surface area contributed by atoms with Gasteiger partial charge in [0.05, 0.1) is 0 Å². The SMILES string of the molecule is Cc1cc(C)cc(C(=O)NC(=S)Nc2cc(C)c(O)c(C(=O)O)c2)c1. The van der Waals surface area contributed by atoms with Crippen LogP contribution in [0.1, 0.15) is 37.4 Å². The van der Waals surface area contributed by atoms with E-state index in [9.17, 15) is 14.7 Å². The Morgan fingerprint density at radius 2 is 1.60 bits per heavy atom. The topological polar surface area (TPSA) is 98.7 Å². The van der Waals surface area contributed by atoms with Crippen molar-refractivity contribution in [1.29, 1.82) is 0 Å². The zero-order chi connectivity index (χ0) is 18.7. The van der Waals surface area contributed by atoms with Crippen LogP contribution in [0.4, 0.5) is 5.69 Å². The molecule has 1 amide bonds. The number of anilines is 1. The van der Waals surface area contributed by atoms with Crippen molar-refractivity contribution in [2.24, 2.45) is 0 Å². The van der Waals surface area contributed by atoms with E-state index in [2.05, 4.69) is 10.6 Å². The number of carboxylic acid groups (broad SMARTS) is 1. The summed E-state index contributed by atoms with van der Waals surface area (Å²) in [6.45, 7) is 5.37. The third-order valence-electron chi connectivity index (χ3n) is 3.50. The lowest BCUT2D eigenvalue weighted by molar-refractivity contribution is 0.0693. The summed E-state index contributed by atoms with van der Waals surface area (Å²) in [5.41, 5.74) is 2.90. The highest BCUT2D eigenvalue weighted by molar-refractivity contribution is 7.80. The number of aromatic carboxylic acids is 1. The highest BCUT2D eigenvalue weighted by atomic mass is 32.1. The van der Waals surface area contributed by atoms with Crippen LogP contribution in [-0.4, -0.2) is 27.2 Å². The number of amides is 1. The van der Waals surface area contributed by atoms with Gasteiger partial charge in [0.25, 0.3) is 5.91 Å². The number of aromatic hydroxyl groups is 1. The number of hydrogen-bond acceptors (Lipinski definition) is 4. The van der Waals surface area contributed by atoms with Crippen LogP contribution in [0.2, 0.25) is 0 Å². The second-order valence-electron chi connectivity index (χ2n) is 5.78. The van der Waals surface area contributed by atoms with Crippen LogP contribution >= 0.6 is 12.2 Å². The van der Waals surface area contributed by atoms with E-state index in [1.54, 1.807) is 19.1 Å². The van der Waals surface area contributed by atoms with Crippen molar-refractivity contribution in [3.63, 3.8) is 0 Å². The quantitative estimate of drug-likeness (QED) is 0.497. The van der Waals surface area contributed by atoms with Crippen LogP contribution in [0, 0.1) is 20.8 Å². The smallest absolute Gasteiger partial charge is 0.339 e. The average molecular weight is 358 g/mol. The van der Waals surface area contributed by atoms with Gasteiger partial charge in [0.15, 0.2) is 5.11 Å². The van der Waals surface area contributed by atoms with Gasteiger partial charge in [-0.15, -0.1) is 0 Å². The molecule has 2 rings (SSSR count). The molecule has 0 saturated carbocycles. The van der Waals surface area contributed by atoms with Crippen LogP contribution in [0.25, 0.3) is 0 Å². The minimum Gasteiger partial charge on any atom is -0.507 e. The molecule has 0 aromatic heterocycles. The lowest BCUT2D eigenvalue weighted by atomic mass is 10.1. The molecule has 0 unspecified atom stereocenters. The summed E-state index contributed by atoms with van der Waals surface area (Å²) in [5, 5.41) is 24.2. The molecule has 130 valence electrons. The van der Waals surface area contributed by atoms with Gasteiger partial charge in [-0.3, -0.25) is 10.1 Å². The lowest BCUT2D eigenvalue weighted by Gasteiger charge is -2.12. The zero-order valence-corrected chi connectivity index (χ0v) is 14.8. The number of phenols is 1. The van der Waals surface area contributed by atoms with Gasteiger partial charge >= 0.3 is 5.97 Å². The highest BCUT2D eigenvalue weighted by Gasteiger charge is 2.15. The number of aryl methyl sites for hydroxylation is 3. The third-order valence-corrected chi connectivity index (χ3v) is 3.70. The van der Waals surface area contributed by atoms with E-state index in [0.29, 0.717) is 16.8 Å². The van der Waals surface area contributed by atoms with Gasteiger partial charge in [-0.25, -0.2) is 4.79 Å². The number of nitrogens with one attached hydrogen (secondary N) is 2. The van der Waals surface area contributed by atoms with E-state index in [4.69, 9.17) is 17.3 Å². The molecule has 0 heterocycles. The van der Waals surface area contributed by atoms with E-state index in [0.717, 1.165) is 11.1 Å². The molecule has 0 saturated heterocycles. The Kier molecular flexibility index (Phi) is 5.38. The summed E-state index contributed by atoms with van der Waals surface area (Å²) in [7, 11) is 0. The molecule has 2 aromatic carbocycles. The largest absolute Gasteiger partial charge is 0.507 e. The maximum absolute atomic E-state index is 12.3. The zero-order valence-electron chi connectivity index (χ0n) is 14.0. The number of rotatable bonds is 3. The van der Waals surface area contributed by atoms with Gasteiger partial charge in [0.1, 0.15) is 11.3 Å². The van der Waals surface area contributed by atoms with Crippen LogP contribution in [-0.2, 0) is 0 Å². The van der Waals surface area contributed by atoms with Crippen LogP contribution in [0.3, 0.4) is 0 Å². The first-order chi connectivity index (χ1) is 11.7. The first-order valence-corrected chi connectivity index (χ1v) is 7.85. The average Bonchev–Trinajstić information content (AvgIpc) is 2.49. The van der Waals surface area contributed by atoms with E-state index in [1.807, 2.05) is 19.9 Å². The number of benzene rings is 2. The van der Waals surface area contributed by atoms with Gasteiger partial charge in [0.2, 0.25) is 0 Å². The van der Waals surface area contributed by atoms with Crippen LogP contribution in [0.5, 0.6) is 5.75 Å². The van der Waals surface area contributed by atoms with Gasteiger partial charge < -0.3 is 15.5 Å². The fourth-order valence-electron chi connectivity index (χ4n) is 2.46. The second-order valence-corrected chi connectivity index (χ2v) is 6.19. The fourth-order valence-corrected chi connectivity index (χ4v) is 2.67. The number of carbonyl (C=O) groups is 2. The van der Waals surface area contributed by atoms with Crippen molar-refractivity contribution >= 4 is 34.9 Å². The van der Waals surface area contributed by atoms with Gasteiger partial charge in [0, 0.05) is 11.3 Å². The summed E-state index contributed by atoms with van der Waals surface area (Å²) in [5.74, 6) is -1.92. The second kappa shape index (κ2) is 7.31. The van der Waals surface area contributed by atoms with Gasteiger partial charge in [-0.05, 0) is 62.8 Å². The Morgan fingerprint density at radius 3 is 2.16 bits per heavy atom. The molecule has 0 bridgehead atoms. The lowest BCUT2D eigenvalue weighted by Crippen LogP contribution is -2.34. The summed E-state index contributed by atoms with van der Waals surface area (Å²) in [4.78, 5) is 23.4. The Morgan fingerprint density at radius 1 is 1.00 bits per heavy atom. The van der Waals surface area contributed by atoms with Crippen molar-refractivity contribution < 1.29 is 19.8 Å². The number of hydrogen-bond donors (Lipinski definition) is 4. The molecule has 2 aromatic rings. The summed E-state index contributed by atoms with van der Waals surface area (Å²) < 4.78 is 0. The summed E-state index contributed by atoms with van der Waals surface area (Å²) in [6, 6.07) is 8.24. The van der Waals surface area contributed by atoms with E-state index >= 15 is 0 Å². The number of carboxylic acids is 1. The summed E-state index contributed by atoms with van der Waals surface area (Å²) >= 11 is 5.11. The molecule has 4 N–H and O–H groups in total. The predicted octanol–water partition coefficient (Wildman–Crippen LogP) is 3.14. The molecule has 0 aliphatic rings. The first-order valence-electron chi connectivity index (χ1n) is 7.45. The molecule has 0 aliphatic heterocycles. The molecule has 0 spiro atoms. The van der Waals surface area contributed by atoms with Gasteiger partial charge in [-0.2, -0.15) is 0 Å². The molecule has 7 heteroatoms.